The van der Waals surface area contributed by atoms with Crippen LogP contribution < -0.4 is 5.32 Å². The zero-order chi connectivity index (χ0) is 13.4. The Balaban J connectivity index is 2.13. The van der Waals surface area contributed by atoms with E-state index in [1.54, 1.807) is 0 Å². The summed E-state index contributed by atoms with van der Waals surface area (Å²) in [6.45, 7) is 8.91. The molecule has 1 heterocycles. The maximum Gasteiger partial charge on any atom is 0.317 e. The number of piperidine rings is 1. The third-order valence-corrected chi connectivity index (χ3v) is 3.17. The Labute approximate surface area is 109 Å². The van der Waals surface area contributed by atoms with E-state index in [4.69, 9.17) is 9.84 Å². The lowest BCUT2D eigenvalue weighted by molar-refractivity contribution is -0.136. The average Bonchev–Trinajstić information content (AvgIpc) is 2.28. The van der Waals surface area contributed by atoms with Crippen LogP contribution in [0.1, 0.15) is 26.7 Å². The van der Waals surface area contributed by atoms with Crippen molar-refractivity contribution in [3.8, 4) is 0 Å². The zero-order valence-corrected chi connectivity index (χ0v) is 11.5. The van der Waals surface area contributed by atoms with E-state index in [2.05, 4.69) is 24.1 Å². The molecular weight excluding hydrogens is 232 g/mol. The average molecular weight is 258 g/mol. The number of carboxylic acid groups (broad SMARTS) is 1. The fourth-order valence-electron chi connectivity index (χ4n) is 2.32. The predicted molar refractivity (Wildman–Crippen MR) is 70.8 cm³/mol. The summed E-state index contributed by atoms with van der Waals surface area (Å²) >= 11 is 0. The van der Waals surface area contributed by atoms with Crippen molar-refractivity contribution in [3.63, 3.8) is 0 Å². The van der Waals surface area contributed by atoms with Crippen LogP contribution >= 0.6 is 0 Å². The molecule has 1 atom stereocenters. The highest BCUT2D eigenvalue weighted by atomic mass is 16.5. The van der Waals surface area contributed by atoms with Gasteiger partial charge in [0, 0.05) is 13.1 Å². The van der Waals surface area contributed by atoms with Crippen molar-refractivity contribution >= 4 is 5.97 Å². The molecule has 0 radical (unpaired) electrons. The highest BCUT2D eigenvalue weighted by molar-refractivity contribution is 5.68. The van der Waals surface area contributed by atoms with Crippen LogP contribution in [0.2, 0.25) is 0 Å². The maximum atomic E-state index is 10.4. The lowest BCUT2D eigenvalue weighted by Gasteiger charge is -2.32. The highest BCUT2D eigenvalue weighted by Gasteiger charge is 2.19. The van der Waals surface area contributed by atoms with E-state index in [1.165, 1.54) is 12.8 Å². The molecule has 5 nitrogen and oxygen atoms in total. The second-order valence-corrected chi connectivity index (χ2v) is 5.25. The van der Waals surface area contributed by atoms with E-state index in [-0.39, 0.29) is 6.54 Å². The number of rotatable bonds is 8. The molecule has 1 saturated heterocycles. The van der Waals surface area contributed by atoms with E-state index < -0.39 is 5.97 Å². The summed E-state index contributed by atoms with van der Waals surface area (Å²) in [5, 5.41) is 11.6. The summed E-state index contributed by atoms with van der Waals surface area (Å²) in [6, 6.07) is 0. The van der Waals surface area contributed by atoms with E-state index in [1.807, 2.05) is 0 Å². The largest absolute Gasteiger partial charge is 0.480 e. The molecule has 0 bridgehead atoms. The minimum Gasteiger partial charge on any atom is -0.480 e. The number of hydrogen-bond acceptors (Lipinski definition) is 4. The van der Waals surface area contributed by atoms with Gasteiger partial charge in [-0.25, -0.2) is 0 Å². The van der Waals surface area contributed by atoms with Crippen molar-refractivity contribution < 1.29 is 14.6 Å². The Hall–Kier alpha value is -0.650. The molecule has 2 N–H and O–H groups in total. The van der Waals surface area contributed by atoms with E-state index in [0.29, 0.717) is 12.0 Å². The third-order valence-electron chi connectivity index (χ3n) is 3.17. The van der Waals surface area contributed by atoms with Gasteiger partial charge < -0.3 is 20.1 Å². The number of likely N-dealkylation sites (tertiary alicyclic amines) is 1. The first-order valence-electron chi connectivity index (χ1n) is 6.84. The minimum atomic E-state index is -0.784. The van der Waals surface area contributed by atoms with Crippen LogP contribution in [0.3, 0.4) is 0 Å². The zero-order valence-electron chi connectivity index (χ0n) is 11.5. The van der Waals surface area contributed by atoms with Crippen molar-refractivity contribution in [2.45, 2.75) is 32.8 Å². The molecule has 1 rings (SSSR count). The van der Waals surface area contributed by atoms with Crippen LogP contribution in [0.4, 0.5) is 0 Å². The minimum absolute atomic E-state index is 0.0625. The molecular formula is C13H26N2O3. The normalized spacial score (nSPS) is 21.4. The molecule has 106 valence electrons. The van der Waals surface area contributed by atoms with Crippen LogP contribution in [0.15, 0.2) is 0 Å². The molecule has 0 aromatic heterocycles. The number of ether oxygens (including phenoxy) is 1. The predicted octanol–water partition coefficient (Wildman–Crippen LogP) is 0.798. The Morgan fingerprint density at radius 2 is 2.33 bits per heavy atom. The molecule has 0 aromatic rings. The van der Waals surface area contributed by atoms with Gasteiger partial charge in [-0.1, -0.05) is 0 Å². The monoisotopic (exact) mass is 258 g/mol. The van der Waals surface area contributed by atoms with Gasteiger partial charge in [-0.3, -0.25) is 4.79 Å². The van der Waals surface area contributed by atoms with Gasteiger partial charge in [0.1, 0.15) is 0 Å². The summed E-state index contributed by atoms with van der Waals surface area (Å²) in [5.74, 6) is -0.217. The van der Waals surface area contributed by atoms with Gasteiger partial charge in [-0.2, -0.15) is 0 Å². The van der Waals surface area contributed by atoms with Crippen molar-refractivity contribution in [2.24, 2.45) is 5.92 Å². The third kappa shape index (κ3) is 6.93. The number of nitrogens with zero attached hydrogens (tertiary/aromatic N) is 1. The quantitative estimate of drug-likeness (QED) is 0.674. The molecule has 1 aliphatic rings. The van der Waals surface area contributed by atoms with Crippen LogP contribution in [0, 0.1) is 5.92 Å². The Kier molecular flexibility index (Phi) is 7.23. The molecule has 0 amide bonds. The second-order valence-electron chi connectivity index (χ2n) is 5.25. The van der Waals surface area contributed by atoms with E-state index >= 15 is 0 Å². The number of hydrogen-bond donors (Lipinski definition) is 2. The molecule has 1 fully saturated rings. The summed E-state index contributed by atoms with van der Waals surface area (Å²) in [7, 11) is 0. The smallest absolute Gasteiger partial charge is 0.317 e. The topological polar surface area (TPSA) is 61.8 Å². The van der Waals surface area contributed by atoms with Gasteiger partial charge in [0.25, 0.3) is 0 Å². The molecule has 0 aliphatic carbocycles. The van der Waals surface area contributed by atoms with Crippen molar-refractivity contribution in [1.82, 2.24) is 10.2 Å². The van der Waals surface area contributed by atoms with Crippen molar-refractivity contribution in [1.29, 1.82) is 0 Å². The first-order chi connectivity index (χ1) is 8.58. The van der Waals surface area contributed by atoms with Crippen molar-refractivity contribution in [3.05, 3.63) is 0 Å². The van der Waals surface area contributed by atoms with Crippen molar-refractivity contribution in [2.75, 3.05) is 39.3 Å². The summed E-state index contributed by atoms with van der Waals surface area (Å²) in [4.78, 5) is 12.8. The van der Waals surface area contributed by atoms with Gasteiger partial charge in [0.2, 0.25) is 0 Å². The molecule has 18 heavy (non-hydrogen) atoms. The summed E-state index contributed by atoms with van der Waals surface area (Å²) in [6.07, 6.45) is 2.68. The lowest BCUT2D eigenvalue weighted by Crippen LogP contribution is -2.41. The fourth-order valence-corrected chi connectivity index (χ4v) is 2.32. The highest BCUT2D eigenvalue weighted by Crippen LogP contribution is 2.15. The summed E-state index contributed by atoms with van der Waals surface area (Å²) < 4.78 is 5.56. The lowest BCUT2D eigenvalue weighted by atomic mass is 9.98. The van der Waals surface area contributed by atoms with Gasteiger partial charge in [0.15, 0.2) is 0 Å². The molecule has 1 unspecified atom stereocenters. The molecule has 5 heteroatoms. The van der Waals surface area contributed by atoms with Crippen LogP contribution in [0.25, 0.3) is 0 Å². The number of aliphatic carboxylic acids is 1. The number of nitrogens with one attached hydrogen (secondary N) is 1. The van der Waals surface area contributed by atoms with Crippen LogP contribution in [-0.4, -0.2) is 61.4 Å². The van der Waals surface area contributed by atoms with Gasteiger partial charge in [-0.15, -0.1) is 0 Å². The first kappa shape index (κ1) is 15.4. The molecule has 0 saturated carbocycles. The Morgan fingerprint density at radius 3 is 3.00 bits per heavy atom. The Bertz CT molecular complexity index is 246. The molecule has 0 aromatic carbocycles. The number of carboxylic acids is 1. The van der Waals surface area contributed by atoms with E-state index in [0.717, 1.165) is 32.8 Å². The van der Waals surface area contributed by atoms with Gasteiger partial charge in [0.05, 0.1) is 19.3 Å². The SMILES string of the molecule is CC(C)OCCN1CCCC(CNCC(=O)O)C1. The summed E-state index contributed by atoms with van der Waals surface area (Å²) in [5.41, 5.74) is 0. The van der Waals surface area contributed by atoms with Crippen LogP contribution in [-0.2, 0) is 9.53 Å². The molecule has 0 spiro atoms. The van der Waals surface area contributed by atoms with Gasteiger partial charge >= 0.3 is 5.97 Å². The number of carbonyl (C=O) groups is 1. The van der Waals surface area contributed by atoms with E-state index in [9.17, 15) is 4.79 Å². The fraction of sp³-hybridized carbons (Fsp3) is 0.923. The second kappa shape index (κ2) is 8.45. The standard InChI is InChI=1S/C13H26N2O3/c1-11(2)18-7-6-15-5-3-4-12(10-15)8-14-9-13(16)17/h11-12,14H,3-10H2,1-2H3,(H,16,17). The Morgan fingerprint density at radius 1 is 1.56 bits per heavy atom. The first-order valence-corrected chi connectivity index (χ1v) is 6.84. The van der Waals surface area contributed by atoms with Crippen LogP contribution in [0.5, 0.6) is 0 Å². The molecule has 1 aliphatic heterocycles. The van der Waals surface area contributed by atoms with Gasteiger partial charge in [-0.05, 0) is 45.7 Å². The maximum absolute atomic E-state index is 10.4.